The molecule has 0 saturated heterocycles. The van der Waals surface area contributed by atoms with E-state index in [1.165, 1.54) is 19.3 Å². The van der Waals surface area contributed by atoms with Crippen LogP contribution in [0.1, 0.15) is 45.6 Å². The average molecular weight is 307 g/mol. The van der Waals surface area contributed by atoms with Crippen LogP contribution >= 0.6 is 22.6 Å². The molecule has 0 amide bonds. The highest BCUT2D eigenvalue weighted by molar-refractivity contribution is 14.1. The third-order valence-corrected chi connectivity index (χ3v) is 3.26. The average Bonchev–Trinajstić information content (AvgIpc) is 2.48. The van der Waals surface area contributed by atoms with Gasteiger partial charge in [-0.2, -0.15) is 5.10 Å². The second-order valence-electron chi connectivity index (χ2n) is 3.67. The second-order valence-corrected chi connectivity index (χ2v) is 4.83. The largest absolute Gasteiger partial charge is 0.383 e. The van der Waals surface area contributed by atoms with Crippen LogP contribution in [0.3, 0.4) is 0 Å². The molecule has 3 nitrogen and oxygen atoms in total. The summed E-state index contributed by atoms with van der Waals surface area (Å²) < 4.78 is 2.97. The van der Waals surface area contributed by atoms with Gasteiger partial charge in [0.25, 0.3) is 0 Å². The van der Waals surface area contributed by atoms with E-state index in [1.54, 1.807) is 0 Å². The third-order valence-electron chi connectivity index (χ3n) is 2.43. The van der Waals surface area contributed by atoms with Crippen LogP contribution in [0.15, 0.2) is 6.20 Å². The summed E-state index contributed by atoms with van der Waals surface area (Å²) in [7, 11) is 0. The van der Waals surface area contributed by atoms with Gasteiger partial charge in [0.2, 0.25) is 0 Å². The lowest BCUT2D eigenvalue weighted by molar-refractivity contribution is 0.444. The Morgan fingerprint density at radius 1 is 1.57 bits per heavy atom. The lowest BCUT2D eigenvalue weighted by Gasteiger charge is -2.13. The van der Waals surface area contributed by atoms with Gasteiger partial charge in [-0.3, -0.25) is 0 Å². The van der Waals surface area contributed by atoms with Gasteiger partial charge in [-0.1, -0.05) is 26.2 Å². The van der Waals surface area contributed by atoms with Gasteiger partial charge in [0.05, 0.1) is 15.8 Å². The van der Waals surface area contributed by atoms with Crippen molar-refractivity contribution in [1.29, 1.82) is 0 Å². The Morgan fingerprint density at radius 2 is 2.29 bits per heavy atom. The van der Waals surface area contributed by atoms with Gasteiger partial charge in [0.1, 0.15) is 5.82 Å². The molecule has 80 valence electrons. The zero-order valence-electron chi connectivity index (χ0n) is 8.83. The van der Waals surface area contributed by atoms with Crippen molar-refractivity contribution in [3.8, 4) is 0 Å². The zero-order chi connectivity index (χ0) is 10.6. The molecule has 0 saturated carbocycles. The van der Waals surface area contributed by atoms with Gasteiger partial charge in [-0.05, 0) is 35.9 Å². The molecule has 0 aromatic carbocycles. The molecule has 0 radical (unpaired) electrons. The fraction of sp³-hybridized carbons (Fsp3) is 0.700. The van der Waals surface area contributed by atoms with Gasteiger partial charge in [-0.15, -0.1) is 0 Å². The van der Waals surface area contributed by atoms with E-state index in [9.17, 15) is 0 Å². The number of aromatic nitrogens is 2. The van der Waals surface area contributed by atoms with Crippen molar-refractivity contribution in [2.24, 2.45) is 0 Å². The van der Waals surface area contributed by atoms with Crippen molar-refractivity contribution in [3.63, 3.8) is 0 Å². The first kappa shape index (κ1) is 11.8. The van der Waals surface area contributed by atoms with Crippen LogP contribution in [-0.4, -0.2) is 9.78 Å². The van der Waals surface area contributed by atoms with Gasteiger partial charge in [0, 0.05) is 0 Å². The Morgan fingerprint density at radius 3 is 2.79 bits per heavy atom. The predicted octanol–water partition coefficient (Wildman–Crippen LogP) is 3.21. The highest BCUT2D eigenvalue weighted by Gasteiger charge is 2.10. The fourth-order valence-corrected chi connectivity index (χ4v) is 1.89. The molecule has 1 rings (SSSR count). The lowest BCUT2D eigenvalue weighted by Crippen LogP contribution is -2.10. The summed E-state index contributed by atoms with van der Waals surface area (Å²) in [6.07, 6.45) is 6.80. The molecule has 1 atom stereocenters. The van der Waals surface area contributed by atoms with Crippen molar-refractivity contribution in [2.75, 3.05) is 5.73 Å². The second kappa shape index (κ2) is 5.58. The van der Waals surface area contributed by atoms with E-state index in [2.05, 4.69) is 41.5 Å². The van der Waals surface area contributed by atoms with Gasteiger partial charge >= 0.3 is 0 Å². The quantitative estimate of drug-likeness (QED) is 0.670. The predicted molar refractivity (Wildman–Crippen MR) is 68.2 cm³/mol. The normalized spacial score (nSPS) is 13.1. The Labute approximate surface area is 99.2 Å². The summed E-state index contributed by atoms with van der Waals surface area (Å²) in [6.45, 7) is 4.39. The number of nitrogens with zero attached hydrogens (tertiary/aromatic N) is 2. The number of hydrogen-bond acceptors (Lipinski definition) is 2. The monoisotopic (exact) mass is 307 g/mol. The number of rotatable bonds is 5. The van der Waals surface area contributed by atoms with Crippen LogP contribution in [0.4, 0.5) is 5.82 Å². The maximum absolute atomic E-state index is 5.90. The zero-order valence-corrected chi connectivity index (χ0v) is 11.0. The Hall–Kier alpha value is -0.260. The van der Waals surface area contributed by atoms with E-state index in [0.29, 0.717) is 6.04 Å². The summed E-state index contributed by atoms with van der Waals surface area (Å²) in [5, 5.41) is 4.28. The third kappa shape index (κ3) is 2.87. The molecule has 1 unspecified atom stereocenters. The van der Waals surface area contributed by atoms with Crippen LogP contribution in [0.2, 0.25) is 0 Å². The fourth-order valence-electron chi connectivity index (χ4n) is 1.51. The highest BCUT2D eigenvalue weighted by Crippen LogP contribution is 2.21. The number of halogens is 1. The molecule has 2 N–H and O–H groups in total. The molecule has 1 heterocycles. The molecule has 0 fully saturated rings. The number of anilines is 1. The van der Waals surface area contributed by atoms with E-state index in [1.807, 2.05) is 10.9 Å². The van der Waals surface area contributed by atoms with Crippen LogP contribution in [-0.2, 0) is 0 Å². The molecule has 0 spiro atoms. The van der Waals surface area contributed by atoms with Gasteiger partial charge in [-0.25, -0.2) is 4.68 Å². The maximum atomic E-state index is 5.90. The summed E-state index contributed by atoms with van der Waals surface area (Å²) in [6, 6.07) is 0.421. The summed E-state index contributed by atoms with van der Waals surface area (Å²) >= 11 is 2.22. The molecule has 0 bridgehead atoms. The van der Waals surface area contributed by atoms with Crippen LogP contribution in [0.25, 0.3) is 0 Å². The van der Waals surface area contributed by atoms with Crippen LogP contribution in [0, 0.1) is 3.57 Å². The van der Waals surface area contributed by atoms with Crippen LogP contribution in [0.5, 0.6) is 0 Å². The van der Waals surface area contributed by atoms with E-state index < -0.39 is 0 Å². The Balaban J connectivity index is 2.52. The first-order valence-electron chi connectivity index (χ1n) is 5.15. The topological polar surface area (TPSA) is 43.8 Å². The maximum Gasteiger partial charge on any atom is 0.135 e. The minimum atomic E-state index is 0.421. The highest BCUT2D eigenvalue weighted by atomic mass is 127. The summed E-state index contributed by atoms with van der Waals surface area (Å²) in [4.78, 5) is 0. The molecule has 0 aliphatic heterocycles. The van der Waals surface area contributed by atoms with E-state index in [0.717, 1.165) is 15.8 Å². The smallest absolute Gasteiger partial charge is 0.135 e. The Bertz CT molecular complexity index is 283. The molecule has 0 aliphatic rings. The molecule has 14 heavy (non-hydrogen) atoms. The minimum Gasteiger partial charge on any atom is -0.383 e. The van der Waals surface area contributed by atoms with Gasteiger partial charge < -0.3 is 5.73 Å². The minimum absolute atomic E-state index is 0.421. The number of hydrogen-bond donors (Lipinski definition) is 1. The number of unbranched alkanes of at least 4 members (excludes halogenated alkanes) is 2. The van der Waals surface area contributed by atoms with Crippen molar-refractivity contribution in [2.45, 2.75) is 45.6 Å². The SMILES string of the molecule is CCCCCC(C)n1ncc(I)c1N. The molecule has 4 heteroatoms. The number of nitrogens with two attached hydrogens (primary N) is 1. The summed E-state index contributed by atoms with van der Waals surface area (Å²) in [5.41, 5.74) is 5.90. The first-order chi connectivity index (χ1) is 6.66. The molecule has 1 aromatic heterocycles. The van der Waals surface area contributed by atoms with E-state index in [-0.39, 0.29) is 0 Å². The Kier molecular flexibility index (Phi) is 4.71. The van der Waals surface area contributed by atoms with Crippen molar-refractivity contribution in [1.82, 2.24) is 9.78 Å². The number of nitrogen functional groups attached to an aromatic ring is 1. The molecule has 0 aliphatic carbocycles. The lowest BCUT2D eigenvalue weighted by atomic mass is 10.1. The van der Waals surface area contributed by atoms with Crippen molar-refractivity contribution in [3.05, 3.63) is 9.77 Å². The standard InChI is InChI=1S/C10H18IN3/c1-3-4-5-6-8(2)14-10(12)9(11)7-13-14/h7-8H,3-6,12H2,1-2H3. The van der Waals surface area contributed by atoms with E-state index >= 15 is 0 Å². The van der Waals surface area contributed by atoms with Gasteiger partial charge in [0.15, 0.2) is 0 Å². The molecular formula is C10H18IN3. The molecular weight excluding hydrogens is 289 g/mol. The summed E-state index contributed by atoms with van der Waals surface area (Å²) in [5.74, 6) is 0.801. The van der Waals surface area contributed by atoms with Crippen LogP contribution < -0.4 is 5.73 Å². The molecule has 1 aromatic rings. The van der Waals surface area contributed by atoms with Crippen molar-refractivity contribution < 1.29 is 0 Å². The first-order valence-corrected chi connectivity index (χ1v) is 6.23. The van der Waals surface area contributed by atoms with Crippen molar-refractivity contribution >= 4 is 28.4 Å². The van der Waals surface area contributed by atoms with E-state index in [4.69, 9.17) is 5.73 Å².